The van der Waals surface area contributed by atoms with Crippen molar-refractivity contribution < 1.29 is 12.8 Å². The number of rotatable bonds is 6. The molecule has 1 atom stereocenters. The van der Waals surface area contributed by atoms with Gasteiger partial charge in [0.15, 0.2) is 0 Å². The highest BCUT2D eigenvalue weighted by Crippen LogP contribution is 2.11. The molecule has 0 aliphatic heterocycles. The Kier molecular flexibility index (Phi) is 5.09. The first-order valence-electron chi connectivity index (χ1n) is 6.72. The summed E-state index contributed by atoms with van der Waals surface area (Å²) >= 11 is 0. The summed E-state index contributed by atoms with van der Waals surface area (Å²) in [6.07, 6.45) is -1.07. The largest absolute Gasteiger partial charge is 0.246 e. The number of hydrogen-bond acceptors (Lipinski definition) is 2. The molecular weight excluding hydrogens is 289 g/mol. The SMILES string of the molecule is Cc1ccc(S(=O)(=O)NCC(F)Cc2ccccc2)cc1. The third-order valence-electron chi connectivity index (χ3n) is 3.13. The average Bonchev–Trinajstić information content (AvgIpc) is 2.47. The van der Waals surface area contributed by atoms with Crippen LogP contribution in [0.2, 0.25) is 0 Å². The van der Waals surface area contributed by atoms with Gasteiger partial charge < -0.3 is 0 Å². The first-order chi connectivity index (χ1) is 9.97. The maximum absolute atomic E-state index is 13.9. The fourth-order valence-corrected chi connectivity index (χ4v) is 3.00. The summed E-state index contributed by atoms with van der Waals surface area (Å²) in [5.74, 6) is 0. The molecule has 0 aliphatic rings. The van der Waals surface area contributed by atoms with Crippen molar-refractivity contribution in [3.05, 3.63) is 65.7 Å². The number of alkyl halides is 1. The van der Waals surface area contributed by atoms with Gasteiger partial charge in [0, 0.05) is 13.0 Å². The molecule has 1 N–H and O–H groups in total. The second-order valence-corrected chi connectivity index (χ2v) is 6.72. The fraction of sp³-hybridized carbons (Fsp3) is 0.250. The number of hydrogen-bond donors (Lipinski definition) is 1. The van der Waals surface area contributed by atoms with Crippen LogP contribution in [0.15, 0.2) is 59.5 Å². The van der Waals surface area contributed by atoms with Crippen LogP contribution < -0.4 is 4.72 Å². The lowest BCUT2D eigenvalue weighted by atomic mass is 10.1. The maximum Gasteiger partial charge on any atom is 0.240 e. The number of halogens is 1. The van der Waals surface area contributed by atoms with Crippen LogP contribution in [0.25, 0.3) is 0 Å². The summed E-state index contributed by atoms with van der Waals surface area (Å²) in [5.41, 5.74) is 1.82. The Morgan fingerprint density at radius 2 is 1.67 bits per heavy atom. The van der Waals surface area contributed by atoms with Gasteiger partial charge in [-0.3, -0.25) is 0 Å². The van der Waals surface area contributed by atoms with E-state index in [1.165, 1.54) is 12.1 Å². The van der Waals surface area contributed by atoms with Gasteiger partial charge in [-0.2, -0.15) is 0 Å². The van der Waals surface area contributed by atoms with Crippen LogP contribution in [-0.4, -0.2) is 21.1 Å². The van der Waals surface area contributed by atoms with Crippen molar-refractivity contribution in [1.82, 2.24) is 4.72 Å². The fourth-order valence-electron chi connectivity index (χ4n) is 1.94. The average molecular weight is 307 g/mol. The van der Waals surface area contributed by atoms with Gasteiger partial charge in [-0.15, -0.1) is 0 Å². The van der Waals surface area contributed by atoms with Gasteiger partial charge in [0.25, 0.3) is 0 Å². The predicted octanol–water partition coefficient (Wildman–Crippen LogP) is 2.85. The van der Waals surface area contributed by atoms with Crippen LogP contribution in [0, 0.1) is 6.92 Å². The third kappa shape index (κ3) is 4.65. The number of sulfonamides is 1. The van der Waals surface area contributed by atoms with Crippen molar-refractivity contribution in [2.45, 2.75) is 24.4 Å². The summed E-state index contributed by atoms with van der Waals surface area (Å²) in [4.78, 5) is 0.153. The summed E-state index contributed by atoms with van der Waals surface area (Å²) in [7, 11) is -3.65. The summed E-state index contributed by atoms with van der Waals surface area (Å²) in [6, 6.07) is 15.6. The van der Waals surface area contributed by atoms with Gasteiger partial charge in [-0.05, 0) is 24.6 Å². The van der Waals surface area contributed by atoms with Crippen molar-refractivity contribution in [1.29, 1.82) is 0 Å². The molecule has 0 saturated carbocycles. The van der Waals surface area contributed by atoms with E-state index in [1.54, 1.807) is 12.1 Å². The first kappa shape index (κ1) is 15.7. The van der Waals surface area contributed by atoms with Gasteiger partial charge >= 0.3 is 0 Å². The molecule has 21 heavy (non-hydrogen) atoms. The zero-order chi connectivity index (χ0) is 15.3. The smallest absolute Gasteiger partial charge is 0.240 e. The Bertz CT molecular complexity index is 669. The summed E-state index contributed by atoms with van der Waals surface area (Å²) < 4.78 is 40.2. The molecule has 112 valence electrons. The van der Waals surface area contributed by atoms with Gasteiger partial charge in [0.05, 0.1) is 4.90 Å². The van der Waals surface area contributed by atoms with E-state index in [-0.39, 0.29) is 17.9 Å². The van der Waals surface area contributed by atoms with Crippen LogP contribution in [0.1, 0.15) is 11.1 Å². The highest BCUT2D eigenvalue weighted by molar-refractivity contribution is 7.89. The second kappa shape index (κ2) is 6.83. The Morgan fingerprint density at radius 3 is 2.29 bits per heavy atom. The minimum atomic E-state index is -3.65. The molecule has 0 spiro atoms. The quantitative estimate of drug-likeness (QED) is 0.892. The van der Waals surface area contributed by atoms with Gasteiger partial charge in [-0.25, -0.2) is 17.5 Å². The number of nitrogens with one attached hydrogen (secondary N) is 1. The van der Waals surface area contributed by atoms with E-state index in [9.17, 15) is 12.8 Å². The Balaban J connectivity index is 1.94. The van der Waals surface area contributed by atoms with E-state index < -0.39 is 16.2 Å². The van der Waals surface area contributed by atoms with Crippen molar-refractivity contribution in [3.8, 4) is 0 Å². The molecule has 0 bridgehead atoms. The van der Waals surface area contributed by atoms with E-state index in [1.807, 2.05) is 37.3 Å². The van der Waals surface area contributed by atoms with Crippen molar-refractivity contribution in [2.75, 3.05) is 6.54 Å². The van der Waals surface area contributed by atoms with Gasteiger partial charge in [0.1, 0.15) is 6.17 Å². The highest BCUT2D eigenvalue weighted by atomic mass is 32.2. The van der Waals surface area contributed by atoms with Crippen LogP contribution in [-0.2, 0) is 16.4 Å². The Hall–Kier alpha value is -1.72. The van der Waals surface area contributed by atoms with E-state index in [0.29, 0.717) is 0 Å². The molecule has 1 unspecified atom stereocenters. The number of aryl methyl sites for hydroxylation is 1. The topological polar surface area (TPSA) is 46.2 Å². The molecule has 2 aromatic rings. The van der Waals surface area contributed by atoms with Crippen LogP contribution >= 0.6 is 0 Å². The first-order valence-corrected chi connectivity index (χ1v) is 8.20. The summed E-state index contributed by atoms with van der Waals surface area (Å²) in [6.45, 7) is 1.65. The van der Waals surface area contributed by atoms with Crippen molar-refractivity contribution in [2.24, 2.45) is 0 Å². The van der Waals surface area contributed by atoms with Gasteiger partial charge in [-0.1, -0.05) is 48.0 Å². The van der Waals surface area contributed by atoms with E-state index >= 15 is 0 Å². The zero-order valence-electron chi connectivity index (χ0n) is 11.8. The third-order valence-corrected chi connectivity index (χ3v) is 4.57. The Labute approximate surface area is 124 Å². The second-order valence-electron chi connectivity index (χ2n) is 4.95. The molecule has 0 heterocycles. The lowest BCUT2D eigenvalue weighted by Gasteiger charge is -2.11. The molecular formula is C16H18FNO2S. The lowest BCUT2D eigenvalue weighted by molar-refractivity contribution is 0.331. The van der Waals surface area contributed by atoms with E-state index in [4.69, 9.17) is 0 Å². The molecule has 2 rings (SSSR count). The molecule has 0 amide bonds. The summed E-state index contributed by atoms with van der Waals surface area (Å²) in [5, 5.41) is 0. The minimum Gasteiger partial charge on any atom is -0.246 e. The molecule has 0 aliphatic carbocycles. The van der Waals surface area contributed by atoms with Crippen LogP contribution in [0.5, 0.6) is 0 Å². The maximum atomic E-state index is 13.9. The molecule has 2 aromatic carbocycles. The molecule has 0 aromatic heterocycles. The zero-order valence-corrected chi connectivity index (χ0v) is 12.6. The Morgan fingerprint density at radius 1 is 1.05 bits per heavy atom. The minimum absolute atomic E-state index is 0.153. The predicted molar refractivity (Wildman–Crippen MR) is 81.4 cm³/mol. The normalized spacial score (nSPS) is 13.0. The van der Waals surface area contributed by atoms with E-state index in [2.05, 4.69) is 4.72 Å². The van der Waals surface area contributed by atoms with Gasteiger partial charge in [0.2, 0.25) is 10.0 Å². The highest BCUT2D eigenvalue weighted by Gasteiger charge is 2.16. The molecule has 0 saturated heterocycles. The molecule has 0 radical (unpaired) electrons. The number of benzene rings is 2. The monoisotopic (exact) mass is 307 g/mol. The van der Waals surface area contributed by atoms with Crippen LogP contribution in [0.4, 0.5) is 4.39 Å². The molecule has 3 nitrogen and oxygen atoms in total. The standard InChI is InChI=1S/C16H18FNO2S/c1-13-7-9-16(10-8-13)21(19,20)18-12-15(17)11-14-5-3-2-4-6-14/h2-10,15,18H,11-12H2,1H3. The molecule has 5 heteroatoms. The lowest BCUT2D eigenvalue weighted by Crippen LogP contribution is -2.31. The van der Waals surface area contributed by atoms with Crippen molar-refractivity contribution >= 4 is 10.0 Å². The molecule has 0 fully saturated rings. The van der Waals surface area contributed by atoms with E-state index in [0.717, 1.165) is 11.1 Å². The van der Waals surface area contributed by atoms with Crippen molar-refractivity contribution in [3.63, 3.8) is 0 Å². The van der Waals surface area contributed by atoms with Crippen LogP contribution in [0.3, 0.4) is 0 Å².